The summed E-state index contributed by atoms with van der Waals surface area (Å²) in [5.74, 6) is 0. The van der Waals surface area contributed by atoms with E-state index in [1.807, 2.05) is 43.3 Å². The molecule has 6 N–H and O–H groups in total. The maximum Gasteiger partial charge on any atom is 0.0554 e. The second kappa shape index (κ2) is 3.77. The molecule has 0 fully saturated rings. The Morgan fingerprint density at radius 1 is 0.688 bits per heavy atom. The highest BCUT2D eigenvalue weighted by Gasteiger charge is 2.02. The van der Waals surface area contributed by atoms with Crippen LogP contribution in [0.1, 0.15) is 5.56 Å². The van der Waals surface area contributed by atoms with Crippen molar-refractivity contribution in [1.82, 2.24) is 0 Å². The lowest BCUT2D eigenvalue weighted by molar-refractivity contribution is 1.46. The zero-order valence-corrected chi connectivity index (χ0v) is 9.20. The summed E-state index contributed by atoms with van der Waals surface area (Å²) in [7, 11) is 0. The van der Waals surface area contributed by atoms with Gasteiger partial charge in [0.05, 0.1) is 11.4 Å². The largest absolute Gasteiger partial charge is 0.399 e. The van der Waals surface area contributed by atoms with Gasteiger partial charge in [0.1, 0.15) is 0 Å². The summed E-state index contributed by atoms with van der Waals surface area (Å²) in [6.45, 7) is 1.99. The molecule has 0 saturated heterocycles. The van der Waals surface area contributed by atoms with Gasteiger partial charge in [-0.15, -0.1) is 0 Å². The van der Waals surface area contributed by atoms with Gasteiger partial charge < -0.3 is 17.2 Å². The standard InChI is InChI=1S/C13H15N3/c1-8-6-9(2-4-11(8)14)10-3-5-12(15)13(16)7-10/h2-7H,14-16H2,1H3. The molecule has 0 unspecified atom stereocenters. The minimum atomic E-state index is 0.604. The van der Waals surface area contributed by atoms with Gasteiger partial charge in [-0.1, -0.05) is 12.1 Å². The summed E-state index contributed by atoms with van der Waals surface area (Å²) in [5, 5.41) is 0. The fourth-order valence-corrected chi connectivity index (χ4v) is 1.61. The van der Waals surface area contributed by atoms with Crippen LogP contribution in [0.4, 0.5) is 17.1 Å². The summed E-state index contributed by atoms with van der Waals surface area (Å²) >= 11 is 0. The molecule has 0 aromatic heterocycles. The number of nitrogen functional groups attached to an aromatic ring is 3. The summed E-state index contributed by atoms with van der Waals surface area (Å²) in [5.41, 5.74) is 22.4. The maximum absolute atomic E-state index is 5.78. The second-order valence-corrected chi connectivity index (χ2v) is 3.92. The predicted octanol–water partition coefficient (Wildman–Crippen LogP) is 2.41. The number of anilines is 3. The third-order valence-electron chi connectivity index (χ3n) is 2.69. The second-order valence-electron chi connectivity index (χ2n) is 3.92. The molecule has 3 nitrogen and oxygen atoms in total. The van der Waals surface area contributed by atoms with Crippen molar-refractivity contribution in [3.05, 3.63) is 42.0 Å². The van der Waals surface area contributed by atoms with Gasteiger partial charge in [0.25, 0.3) is 0 Å². The zero-order valence-electron chi connectivity index (χ0n) is 9.20. The van der Waals surface area contributed by atoms with Crippen molar-refractivity contribution in [3.63, 3.8) is 0 Å². The van der Waals surface area contributed by atoms with Crippen LogP contribution in [-0.4, -0.2) is 0 Å². The average molecular weight is 213 g/mol. The van der Waals surface area contributed by atoms with Gasteiger partial charge in [0.2, 0.25) is 0 Å². The predicted molar refractivity (Wildman–Crippen MR) is 69.9 cm³/mol. The Kier molecular flexibility index (Phi) is 2.44. The van der Waals surface area contributed by atoms with E-state index in [-0.39, 0.29) is 0 Å². The number of aryl methyl sites for hydroxylation is 1. The van der Waals surface area contributed by atoms with Crippen LogP contribution < -0.4 is 17.2 Å². The number of hydrogen-bond acceptors (Lipinski definition) is 3. The molecule has 0 saturated carbocycles. The number of nitrogens with two attached hydrogens (primary N) is 3. The van der Waals surface area contributed by atoms with E-state index in [0.717, 1.165) is 22.4 Å². The zero-order chi connectivity index (χ0) is 11.7. The molecule has 16 heavy (non-hydrogen) atoms. The molecule has 2 aromatic carbocycles. The Bertz CT molecular complexity index is 483. The van der Waals surface area contributed by atoms with Gasteiger partial charge in [0, 0.05) is 5.69 Å². The molecule has 0 spiro atoms. The molecule has 0 atom stereocenters. The van der Waals surface area contributed by atoms with Gasteiger partial charge in [-0.3, -0.25) is 0 Å². The number of hydrogen-bond donors (Lipinski definition) is 3. The van der Waals surface area contributed by atoms with E-state index in [2.05, 4.69) is 0 Å². The Hall–Kier alpha value is -2.16. The highest BCUT2D eigenvalue weighted by atomic mass is 14.7. The monoisotopic (exact) mass is 213 g/mol. The van der Waals surface area contributed by atoms with Gasteiger partial charge >= 0.3 is 0 Å². The Morgan fingerprint density at radius 3 is 1.81 bits per heavy atom. The van der Waals surface area contributed by atoms with E-state index < -0.39 is 0 Å². The molecule has 0 aliphatic carbocycles. The van der Waals surface area contributed by atoms with Crippen LogP contribution in [0.2, 0.25) is 0 Å². The molecule has 0 amide bonds. The third-order valence-corrected chi connectivity index (χ3v) is 2.69. The first-order valence-corrected chi connectivity index (χ1v) is 5.09. The van der Waals surface area contributed by atoms with Crippen molar-refractivity contribution < 1.29 is 0 Å². The molecule has 0 aliphatic heterocycles. The fourth-order valence-electron chi connectivity index (χ4n) is 1.61. The van der Waals surface area contributed by atoms with E-state index in [1.54, 1.807) is 0 Å². The van der Waals surface area contributed by atoms with Crippen LogP contribution in [0.3, 0.4) is 0 Å². The van der Waals surface area contributed by atoms with Crippen LogP contribution in [0.5, 0.6) is 0 Å². The van der Waals surface area contributed by atoms with Gasteiger partial charge in [-0.2, -0.15) is 0 Å². The van der Waals surface area contributed by atoms with Crippen LogP contribution in [0.25, 0.3) is 11.1 Å². The lowest BCUT2D eigenvalue weighted by atomic mass is 10.0. The fraction of sp³-hybridized carbons (Fsp3) is 0.0769. The minimum absolute atomic E-state index is 0.604. The molecular weight excluding hydrogens is 198 g/mol. The smallest absolute Gasteiger partial charge is 0.0554 e. The molecule has 0 bridgehead atoms. The van der Waals surface area contributed by atoms with Crippen molar-refractivity contribution >= 4 is 17.1 Å². The molecular formula is C13H15N3. The van der Waals surface area contributed by atoms with Crippen molar-refractivity contribution in [3.8, 4) is 11.1 Å². The van der Waals surface area contributed by atoms with Crippen molar-refractivity contribution in [2.24, 2.45) is 0 Å². The number of benzene rings is 2. The van der Waals surface area contributed by atoms with Crippen molar-refractivity contribution in [2.75, 3.05) is 17.2 Å². The Morgan fingerprint density at radius 2 is 1.25 bits per heavy atom. The van der Waals surface area contributed by atoms with Crippen molar-refractivity contribution in [1.29, 1.82) is 0 Å². The van der Waals surface area contributed by atoms with Crippen molar-refractivity contribution in [2.45, 2.75) is 6.92 Å². The van der Waals surface area contributed by atoms with Crippen LogP contribution >= 0.6 is 0 Å². The summed E-state index contributed by atoms with van der Waals surface area (Å²) in [6.07, 6.45) is 0. The normalized spacial score (nSPS) is 10.3. The van der Waals surface area contributed by atoms with Gasteiger partial charge in [-0.05, 0) is 47.9 Å². The molecule has 3 heteroatoms. The van der Waals surface area contributed by atoms with E-state index in [9.17, 15) is 0 Å². The molecule has 82 valence electrons. The first-order valence-electron chi connectivity index (χ1n) is 5.09. The summed E-state index contributed by atoms with van der Waals surface area (Å²) in [4.78, 5) is 0. The van der Waals surface area contributed by atoms with E-state index in [4.69, 9.17) is 17.2 Å². The lowest BCUT2D eigenvalue weighted by Crippen LogP contribution is -1.95. The maximum atomic E-state index is 5.78. The van der Waals surface area contributed by atoms with Crippen LogP contribution in [-0.2, 0) is 0 Å². The van der Waals surface area contributed by atoms with E-state index in [0.29, 0.717) is 11.4 Å². The molecule has 0 radical (unpaired) electrons. The van der Waals surface area contributed by atoms with E-state index in [1.165, 1.54) is 0 Å². The molecule has 2 aromatic rings. The third kappa shape index (κ3) is 1.80. The number of rotatable bonds is 1. The molecule has 0 aliphatic rings. The van der Waals surface area contributed by atoms with Crippen LogP contribution in [0.15, 0.2) is 36.4 Å². The van der Waals surface area contributed by atoms with Gasteiger partial charge in [-0.25, -0.2) is 0 Å². The quantitative estimate of drug-likeness (QED) is 0.636. The van der Waals surface area contributed by atoms with E-state index >= 15 is 0 Å². The average Bonchev–Trinajstić information content (AvgIpc) is 2.26. The SMILES string of the molecule is Cc1cc(-c2ccc(N)c(N)c2)ccc1N. The lowest BCUT2D eigenvalue weighted by Gasteiger charge is -2.07. The topological polar surface area (TPSA) is 78.1 Å². The Balaban J connectivity index is 2.50. The van der Waals surface area contributed by atoms with Gasteiger partial charge in [0.15, 0.2) is 0 Å². The first kappa shape index (κ1) is 10.4. The molecule has 2 rings (SSSR count). The summed E-state index contributed by atoms with van der Waals surface area (Å²) in [6, 6.07) is 11.6. The molecule has 0 heterocycles. The highest BCUT2D eigenvalue weighted by molar-refractivity contribution is 5.75. The minimum Gasteiger partial charge on any atom is -0.399 e. The first-order chi connectivity index (χ1) is 7.58. The Labute approximate surface area is 94.9 Å². The van der Waals surface area contributed by atoms with Crippen LogP contribution in [0, 0.1) is 6.92 Å². The highest BCUT2D eigenvalue weighted by Crippen LogP contribution is 2.27. The summed E-state index contributed by atoms with van der Waals surface area (Å²) < 4.78 is 0.